The van der Waals surface area contributed by atoms with Gasteiger partial charge in [0.15, 0.2) is 0 Å². The number of hydrogen-bond donors (Lipinski definition) is 3. The lowest BCUT2D eigenvalue weighted by molar-refractivity contribution is -0.140. The lowest BCUT2D eigenvalue weighted by Crippen LogP contribution is -2.40. The van der Waals surface area contributed by atoms with Gasteiger partial charge in [0.1, 0.15) is 0 Å². The van der Waals surface area contributed by atoms with Gasteiger partial charge in [-0.3, -0.25) is 4.79 Å². The average Bonchev–Trinajstić information content (AvgIpc) is 2.78. The summed E-state index contributed by atoms with van der Waals surface area (Å²) in [6, 6.07) is 3.44. The number of urea groups is 1. The van der Waals surface area contributed by atoms with E-state index < -0.39 is 11.9 Å². The number of carbonyl (C=O) groups is 2. The second kappa shape index (κ2) is 6.24. The number of nitrogens with one attached hydrogen (secondary N) is 2. The highest BCUT2D eigenvalue weighted by molar-refractivity contribution is 7.10. The van der Waals surface area contributed by atoms with E-state index >= 15 is 0 Å². The van der Waals surface area contributed by atoms with Crippen LogP contribution < -0.4 is 10.6 Å². The van der Waals surface area contributed by atoms with Crippen molar-refractivity contribution in [1.29, 1.82) is 0 Å². The highest BCUT2D eigenvalue weighted by Crippen LogP contribution is 2.17. The Hall–Kier alpha value is -1.56. The van der Waals surface area contributed by atoms with Crippen LogP contribution in [0.5, 0.6) is 0 Å². The first-order valence-corrected chi connectivity index (χ1v) is 6.19. The molecule has 1 rings (SSSR count). The molecule has 1 heterocycles. The molecule has 2 unspecified atom stereocenters. The Kier molecular flexibility index (Phi) is 4.96. The minimum atomic E-state index is -0.920. The monoisotopic (exact) mass is 256 g/mol. The molecule has 2 atom stereocenters. The molecule has 0 radical (unpaired) electrons. The maximum absolute atomic E-state index is 11.5. The Morgan fingerprint density at radius 1 is 1.47 bits per heavy atom. The summed E-state index contributed by atoms with van der Waals surface area (Å²) in [5, 5.41) is 15.9. The van der Waals surface area contributed by atoms with E-state index in [0.717, 1.165) is 4.88 Å². The number of carboxylic acid groups (broad SMARTS) is 1. The average molecular weight is 256 g/mol. The van der Waals surface area contributed by atoms with Gasteiger partial charge in [-0.1, -0.05) is 13.0 Å². The van der Waals surface area contributed by atoms with Gasteiger partial charge in [-0.15, -0.1) is 11.3 Å². The number of amides is 2. The SMILES string of the molecule is CC(CNC(=O)NC(C)c1cccs1)C(=O)O. The van der Waals surface area contributed by atoms with Gasteiger partial charge in [0.2, 0.25) is 0 Å². The maximum atomic E-state index is 11.5. The molecule has 0 spiro atoms. The molecule has 94 valence electrons. The van der Waals surface area contributed by atoms with Crippen molar-refractivity contribution in [2.45, 2.75) is 19.9 Å². The molecule has 0 bridgehead atoms. The number of thiophene rings is 1. The van der Waals surface area contributed by atoms with Crippen LogP contribution >= 0.6 is 11.3 Å². The summed E-state index contributed by atoms with van der Waals surface area (Å²) >= 11 is 1.57. The topological polar surface area (TPSA) is 78.4 Å². The van der Waals surface area contributed by atoms with Crippen LogP contribution in [0.1, 0.15) is 24.8 Å². The number of rotatable bonds is 5. The Balaban J connectivity index is 2.32. The minimum Gasteiger partial charge on any atom is -0.481 e. The van der Waals surface area contributed by atoms with E-state index in [9.17, 15) is 9.59 Å². The highest BCUT2D eigenvalue weighted by Gasteiger charge is 2.14. The smallest absolute Gasteiger partial charge is 0.315 e. The summed E-state index contributed by atoms with van der Waals surface area (Å²) in [7, 11) is 0. The van der Waals surface area contributed by atoms with Crippen LogP contribution in [-0.4, -0.2) is 23.7 Å². The number of carbonyl (C=O) groups excluding carboxylic acids is 1. The van der Waals surface area contributed by atoms with E-state index in [0.29, 0.717) is 0 Å². The zero-order chi connectivity index (χ0) is 12.8. The Morgan fingerprint density at radius 3 is 2.71 bits per heavy atom. The van der Waals surface area contributed by atoms with Crippen LogP contribution in [-0.2, 0) is 4.79 Å². The second-order valence-electron chi connectivity index (χ2n) is 3.83. The number of aliphatic carboxylic acids is 1. The number of hydrogen-bond acceptors (Lipinski definition) is 3. The molecule has 1 aromatic rings. The third-order valence-electron chi connectivity index (χ3n) is 2.31. The van der Waals surface area contributed by atoms with E-state index in [1.807, 2.05) is 24.4 Å². The summed E-state index contributed by atoms with van der Waals surface area (Å²) in [4.78, 5) is 23.1. The van der Waals surface area contributed by atoms with E-state index in [1.165, 1.54) is 0 Å². The van der Waals surface area contributed by atoms with Crippen LogP contribution in [0, 0.1) is 5.92 Å². The van der Waals surface area contributed by atoms with E-state index in [2.05, 4.69) is 10.6 Å². The van der Waals surface area contributed by atoms with Crippen LogP contribution in [0.25, 0.3) is 0 Å². The number of carboxylic acids is 1. The van der Waals surface area contributed by atoms with Crippen molar-refractivity contribution in [3.8, 4) is 0 Å². The Labute approximate surface area is 104 Å². The van der Waals surface area contributed by atoms with Crippen LogP contribution in [0.15, 0.2) is 17.5 Å². The predicted octanol–water partition coefficient (Wildman–Crippen LogP) is 1.83. The summed E-state index contributed by atoms with van der Waals surface area (Å²) in [6.45, 7) is 3.55. The molecular formula is C11H16N2O3S. The van der Waals surface area contributed by atoms with E-state index in [4.69, 9.17) is 5.11 Å². The molecule has 5 nitrogen and oxygen atoms in total. The van der Waals surface area contributed by atoms with Crippen molar-refractivity contribution in [2.24, 2.45) is 5.92 Å². The largest absolute Gasteiger partial charge is 0.481 e. The molecule has 0 aliphatic carbocycles. The maximum Gasteiger partial charge on any atom is 0.315 e. The zero-order valence-electron chi connectivity index (χ0n) is 9.77. The second-order valence-corrected chi connectivity index (χ2v) is 4.81. The molecule has 3 N–H and O–H groups in total. The third-order valence-corrected chi connectivity index (χ3v) is 3.36. The van der Waals surface area contributed by atoms with Crippen molar-refractivity contribution in [1.82, 2.24) is 10.6 Å². The molecule has 0 aromatic carbocycles. The molecule has 17 heavy (non-hydrogen) atoms. The van der Waals surface area contributed by atoms with Crippen LogP contribution in [0.3, 0.4) is 0 Å². The quantitative estimate of drug-likeness (QED) is 0.752. The fraction of sp³-hybridized carbons (Fsp3) is 0.455. The van der Waals surface area contributed by atoms with Crippen molar-refractivity contribution in [3.05, 3.63) is 22.4 Å². The molecule has 0 fully saturated rings. The fourth-order valence-corrected chi connectivity index (χ4v) is 1.92. The van der Waals surface area contributed by atoms with E-state index in [1.54, 1.807) is 18.3 Å². The van der Waals surface area contributed by atoms with E-state index in [-0.39, 0.29) is 18.6 Å². The zero-order valence-corrected chi connectivity index (χ0v) is 10.6. The first-order chi connectivity index (χ1) is 8.00. The van der Waals surface area contributed by atoms with Gasteiger partial charge in [0.25, 0.3) is 0 Å². The fourth-order valence-electron chi connectivity index (χ4n) is 1.19. The normalized spacial score (nSPS) is 13.8. The van der Waals surface area contributed by atoms with Crippen molar-refractivity contribution < 1.29 is 14.7 Å². The highest BCUT2D eigenvalue weighted by atomic mass is 32.1. The first-order valence-electron chi connectivity index (χ1n) is 5.31. The lowest BCUT2D eigenvalue weighted by Gasteiger charge is -2.14. The summed E-state index contributed by atoms with van der Waals surface area (Å²) in [6.07, 6.45) is 0. The summed E-state index contributed by atoms with van der Waals surface area (Å²) < 4.78 is 0. The molecule has 2 amide bonds. The van der Waals surface area contributed by atoms with Crippen molar-refractivity contribution >= 4 is 23.3 Å². The minimum absolute atomic E-state index is 0.0739. The van der Waals surface area contributed by atoms with Gasteiger partial charge in [-0.25, -0.2) is 4.79 Å². The van der Waals surface area contributed by atoms with Crippen molar-refractivity contribution in [2.75, 3.05) is 6.54 Å². The van der Waals surface area contributed by atoms with Gasteiger partial charge in [0, 0.05) is 11.4 Å². The molecule has 0 saturated heterocycles. The van der Waals surface area contributed by atoms with Gasteiger partial charge in [-0.05, 0) is 18.4 Å². The van der Waals surface area contributed by atoms with Crippen LogP contribution in [0.4, 0.5) is 4.79 Å². The molecule has 1 aromatic heterocycles. The summed E-state index contributed by atoms with van der Waals surface area (Å²) in [5.41, 5.74) is 0. The molecule has 0 aliphatic heterocycles. The van der Waals surface area contributed by atoms with Gasteiger partial charge in [0.05, 0.1) is 12.0 Å². The van der Waals surface area contributed by atoms with Gasteiger partial charge < -0.3 is 15.7 Å². The summed E-state index contributed by atoms with van der Waals surface area (Å²) in [5.74, 6) is -1.51. The molecule has 6 heteroatoms. The van der Waals surface area contributed by atoms with Crippen molar-refractivity contribution in [3.63, 3.8) is 0 Å². The third kappa shape index (κ3) is 4.44. The van der Waals surface area contributed by atoms with Gasteiger partial charge in [-0.2, -0.15) is 0 Å². The van der Waals surface area contributed by atoms with Gasteiger partial charge >= 0.3 is 12.0 Å². The first kappa shape index (κ1) is 13.5. The Morgan fingerprint density at radius 2 is 2.18 bits per heavy atom. The molecule has 0 aliphatic rings. The predicted molar refractivity (Wildman–Crippen MR) is 66.1 cm³/mol. The Bertz CT molecular complexity index is 378. The standard InChI is InChI=1S/C11H16N2O3S/c1-7(10(14)15)6-12-11(16)13-8(2)9-4-3-5-17-9/h3-5,7-8H,6H2,1-2H3,(H,14,15)(H2,12,13,16). The lowest BCUT2D eigenvalue weighted by atomic mass is 10.2. The molecular weight excluding hydrogens is 240 g/mol. The molecule has 0 saturated carbocycles. The van der Waals surface area contributed by atoms with Crippen LogP contribution in [0.2, 0.25) is 0 Å².